The number of benzene rings is 1. The molecular formula is C12H16N2O3. The van der Waals surface area contributed by atoms with Crippen molar-refractivity contribution in [3.8, 4) is 5.75 Å². The Morgan fingerprint density at radius 2 is 2.24 bits per heavy atom. The van der Waals surface area contributed by atoms with E-state index in [1.54, 1.807) is 12.1 Å². The summed E-state index contributed by atoms with van der Waals surface area (Å²) in [6.45, 7) is 4.52. The van der Waals surface area contributed by atoms with Crippen LogP contribution in [0.15, 0.2) is 29.8 Å². The summed E-state index contributed by atoms with van der Waals surface area (Å²) in [7, 11) is 0. The van der Waals surface area contributed by atoms with Crippen LogP contribution in [0.5, 0.6) is 5.75 Å². The number of allylic oxidation sites excluding steroid dienone is 1. The highest BCUT2D eigenvalue weighted by molar-refractivity contribution is 5.48. The first-order chi connectivity index (χ1) is 8.04. The summed E-state index contributed by atoms with van der Waals surface area (Å²) < 4.78 is 5.38. The highest BCUT2D eigenvalue weighted by Crippen LogP contribution is 2.27. The molecule has 0 saturated carbocycles. The van der Waals surface area contributed by atoms with Crippen LogP contribution in [0.25, 0.3) is 0 Å². The highest BCUT2D eigenvalue weighted by atomic mass is 16.6. The predicted octanol–water partition coefficient (Wildman–Crippen LogP) is 2.40. The van der Waals surface area contributed by atoms with E-state index in [0.717, 1.165) is 11.1 Å². The van der Waals surface area contributed by atoms with Crippen LogP contribution < -0.4 is 10.5 Å². The Labute approximate surface area is 100 Å². The first-order valence-electron chi connectivity index (χ1n) is 5.28. The molecule has 1 aromatic rings. The second kappa shape index (κ2) is 6.00. The molecule has 5 heteroatoms. The first kappa shape index (κ1) is 13.2. The molecule has 0 aliphatic rings. The molecule has 0 heterocycles. The molecule has 2 N–H and O–H groups in total. The maximum atomic E-state index is 10.8. The molecule has 0 aromatic heterocycles. The summed E-state index contributed by atoms with van der Waals surface area (Å²) in [6.07, 6.45) is 1.86. The quantitative estimate of drug-likeness (QED) is 0.483. The number of nitro groups is 1. The van der Waals surface area contributed by atoms with Gasteiger partial charge in [0.15, 0.2) is 5.75 Å². The molecule has 0 bridgehead atoms. The molecule has 0 aliphatic heterocycles. The van der Waals surface area contributed by atoms with Gasteiger partial charge in [0, 0.05) is 12.6 Å². The predicted molar refractivity (Wildman–Crippen MR) is 65.9 cm³/mol. The van der Waals surface area contributed by atoms with E-state index in [4.69, 9.17) is 10.5 Å². The summed E-state index contributed by atoms with van der Waals surface area (Å²) >= 11 is 0. The zero-order valence-corrected chi connectivity index (χ0v) is 9.97. The van der Waals surface area contributed by atoms with E-state index in [2.05, 4.69) is 0 Å². The molecule has 1 aromatic carbocycles. The monoisotopic (exact) mass is 236 g/mol. The largest absolute Gasteiger partial charge is 0.483 e. The molecule has 0 radical (unpaired) electrons. The van der Waals surface area contributed by atoms with Gasteiger partial charge in [-0.25, -0.2) is 0 Å². The molecule has 0 fully saturated rings. The molecule has 1 rings (SSSR count). The van der Waals surface area contributed by atoms with Gasteiger partial charge in [-0.05, 0) is 31.6 Å². The zero-order valence-electron chi connectivity index (χ0n) is 9.97. The molecule has 5 nitrogen and oxygen atoms in total. The summed E-state index contributed by atoms with van der Waals surface area (Å²) in [4.78, 5) is 10.3. The Balaban J connectivity index is 2.93. The van der Waals surface area contributed by atoms with Crippen LogP contribution >= 0.6 is 0 Å². The van der Waals surface area contributed by atoms with E-state index >= 15 is 0 Å². The normalized spacial score (nSPS) is 9.82. The topological polar surface area (TPSA) is 78.4 Å². The fraction of sp³-hybridized carbons (Fsp3) is 0.333. The van der Waals surface area contributed by atoms with Gasteiger partial charge in [0.1, 0.15) is 6.61 Å². The molecule has 0 aliphatic carbocycles. The number of hydrogen-bond donors (Lipinski definition) is 1. The summed E-state index contributed by atoms with van der Waals surface area (Å²) in [5.74, 6) is 0.260. The average molecular weight is 236 g/mol. The van der Waals surface area contributed by atoms with Crippen LogP contribution in [0.3, 0.4) is 0 Å². The third kappa shape index (κ3) is 3.88. The van der Waals surface area contributed by atoms with Crippen molar-refractivity contribution in [1.82, 2.24) is 0 Å². The fourth-order valence-corrected chi connectivity index (χ4v) is 1.25. The number of nitro benzene ring substituents is 1. The van der Waals surface area contributed by atoms with Crippen molar-refractivity contribution in [2.45, 2.75) is 20.4 Å². The van der Waals surface area contributed by atoms with Gasteiger partial charge in [0.2, 0.25) is 0 Å². The number of rotatable bonds is 5. The van der Waals surface area contributed by atoms with Gasteiger partial charge in [0.25, 0.3) is 0 Å². The SMILES string of the molecule is CC(C)=CCOc1cc(CN)ccc1[N+](=O)[O-]. The third-order valence-corrected chi connectivity index (χ3v) is 2.19. The number of hydrogen-bond acceptors (Lipinski definition) is 4. The Morgan fingerprint density at radius 3 is 2.76 bits per heavy atom. The minimum absolute atomic E-state index is 0.0376. The lowest BCUT2D eigenvalue weighted by Gasteiger charge is -2.06. The van der Waals surface area contributed by atoms with E-state index in [1.165, 1.54) is 6.07 Å². The second-order valence-electron chi connectivity index (χ2n) is 3.86. The van der Waals surface area contributed by atoms with Crippen LogP contribution in [-0.4, -0.2) is 11.5 Å². The van der Waals surface area contributed by atoms with Crippen LogP contribution in [0, 0.1) is 10.1 Å². The highest BCUT2D eigenvalue weighted by Gasteiger charge is 2.14. The Kier molecular flexibility index (Phi) is 4.66. The lowest BCUT2D eigenvalue weighted by atomic mass is 10.2. The van der Waals surface area contributed by atoms with Gasteiger partial charge in [-0.3, -0.25) is 10.1 Å². The van der Waals surface area contributed by atoms with Crippen molar-refractivity contribution in [3.05, 3.63) is 45.5 Å². The summed E-state index contributed by atoms with van der Waals surface area (Å²) in [6, 6.07) is 4.66. The number of ether oxygens (including phenoxy) is 1. The standard InChI is InChI=1S/C12H16N2O3/c1-9(2)5-6-17-12-7-10(8-13)3-4-11(12)14(15)16/h3-5,7H,6,8,13H2,1-2H3. The van der Waals surface area contributed by atoms with Crippen molar-refractivity contribution >= 4 is 5.69 Å². The van der Waals surface area contributed by atoms with E-state index < -0.39 is 4.92 Å². The Morgan fingerprint density at radius 1 is 1.53 bits per heavy atom. The van der Waals surface area contributed by atoms with Crippen molar-refractivity contribution in [2.24, 2.45) is 5.73 Å². The Bertz CT molecular complexity index is 437. The number of nitrogens with zero attached hydrogens (tertiary/aromatic N) is 1. The molecule has 17 heavy (non-hydrogen) atoms. The van der Waals surface area contributed by atoms with Gasteiger partial charge in [-0.2, -0.15) is 0 Å². The third-order valence-electron chi connectivity index (χ3n) is 2.19. The molecule has 0 unspecified atom stereocenters. The summed E-state index contributed by atoms with van der Waals surface area (Å²) in [5, 5.41) is 10.8. The van der Waals surface area contributed by atoms with Crippen LogP contribution in [0.2, 0.25) is 0 Å². The molecule has 0 amide bonds. The summed E-state index contributed by atoms with van der Waals surface area (Å²) in [5.41, 5.74) is 7.35. The van der Waals surface area contributed by atoms with Gasteiger partial charge in [-0.15, -0.1) is 0 Å². The lowest BCUT2D eigenvalue weighted by molar-refractivity contribution is -0.385. The lowest BCUT2D eigenvalue weighted by Crippen LogP contribution is -2.02. The van der Waals surface area contributed by atoms with E-state index in [0.29, 0.717) is 13.2 Å². The van der Waals surface area contributed by atoms with Gasteiger partial charge in [-0.1, -0.05) is 11.6 Å². The molecule has 92 valence electrons. The minimum Gasteiger partial charge on any atom is -0.483 e. The van der Waals surface area contributed by atoms with E-state index in [9.17, 15) is 10.1 Å². The zero-order chi connectivity index (χ0) is 12.8. The maximum absolute atomic E-state index is 10.8. The van der Waals surface area contributed by atoms with E-state index in [1.807, 2.05) is 19.9 Å². The molecule has 0 saturated heterocycles. The molecule has 0 spiro atoms. The van der Waals surface area contributed by atoms with Crippen molar-refractivity contribution in [1.29, 1.82) is 0 Å². The fourth-order valence-electron chi connectivity index (χ4n) is 1.25. The first-order valence-corrected chi connectivity index (χ1v) is 5.28. The second-order valence-corrected chi connectivity index (χ2v) is 3.86. The van der Waals surface area contributed by atoms with Crippen molar-refractivity contribution in [2.75, 3.05) is 6.61 Å². The minimum atomic E-state index is -0.460. The average Bonchev–Trinajstić information content (AvgIpc) is 2.28. The van der Waals surface area contributed by atoms with Crippen LogP contribution in [0.1, 0.15) is 19.4 Å². The van der Waals surface area contributed by atoms with E-state index in [-0.39, 0.29) is 11.4 Å². The smallest absolute Gasteiger partial charge is 0.310 e. The van der Waals surface area contributed by atoms with Gasteiger partial charge >= 0.3 is 5.69 Å². The molecular weight excluding hydrogens is 220 g/mol. The maximum Gasteiger partial charge on any atom is 0.310 e. The van der Waals surface area contributed by atoms with Gasteiger partial charge in [0.05, 0.1) is 4.92 Å². The van der Waals surface area contributed by atoms with Crippen molar-refractivity contribution < 1.29 is 9.66 Å². The van der Waals surface area contributed by atoms with Crippen molar-refractivity contribution in [3.63, 3.8) is 0 Å². The molecule has 0 atom stereocenters. The van der Waals surface area contributed by atoms with Crippen LogP contribution in [-0.2, 0) is 6.54 Å². The van der Waals surface area contributed by atoms with Gasteiger partial charge < -0.3 is 10.5 Å². The number of nitrogens with two attached hydrogens (primary N) is 1. The van der Waals surface area contributed by atoms with Crippen LogP contribution in [0.4, 0.5) is 5.69 Å². The Hall–Kier alpha value is -1.88.